The van der Waals surface area contributed by atoms with Gasteiger partial charge in [0.25, 0.3) is 0 Å². The Balaban J connectivity index is 2.93. The van der Waals surface area contributed by atoms with Crippen molar-refractivity contribution in [2.45, 2.75) is 16.3 Å². The first-order valence-electron chi connectivity index (χ1n) is 2.82. The topological polar surface area (TPSA) is 82.0 Å². The maximum atomic E-state index is 10.9. The number of alkyl halides is 1. The lowest BCUT2D eigenvalue weighted by molar-refractivity contribution is -0.426. The van der Waals surface area contributed by atoms with Crippen molar-refractivity contribution in [3.05, 3.63) is 0 Å². The molecule has 0 aliphatic carbocycles. The number of halogens is 1. The van der Waals surface area contributed by atoms with Crippen molar-refractivity contribution in [1.82, 2.24) is 0 Å². The zero-order valence-electron chi connectivity index (χ0n) is 5.20. The second-order valence-electron chi connectivity index (χ2n) is 2.43. The first-order chi connectivity index (χ1) is 4.45. The molecule has 1 aliphatic heterocycles. The number of hydrogen-bond acceptors (Lipinski definition) is 3. The van der Waals surface area contributed by atoms with Crippen LogP contribution in [0.25, 0.3) is 0 Å². The fourth-order valence-corrected chi connectivity index (χ4v) is 3.43. The second-order valence-corrected chi connectivity index (χ2v) is 6.19. The van der Waals surface area contributed by atoms with Crippen molar-refractivity contribution >= 4 is 25.8 Å². The summed E-state index contributed by atoms with van der Waals surface area (Å²) in [6.07, 6.45) is -0.856. The summed E-state index contributed by atoms with van der Waals surface area (Å²) >= 11 is 2.89. The number of sulfone groups is 1. The average molecular weight is 231 g/mol. The summed E-state index contributed by atoms with van der Waals surface area (Å²) in [6, 6.07) is -0.394. The highest BCUT2D eigenvalue weighted by molar-refractivity contribution is 9.11. The first-order valence-corrected chi connectivity index (χ1v) is 5.45. The van der Waals surface area contributed by atoms with Crippen molar-refractivity contribution in [1.29, 1.82) is 0 Å². The third-order valence-corrected chi connectivity index (χ3v) is 5.65. The molecule has 0 saturated carbocycles. The minimum absolute atomic E-state index is 0.0237. The SMILES string of the molecule is [NH3+][C@H]1CS(=O)(=O)[C@@H](Br)[C@@H]1O. The van der Waals surface area contributed by atoms with Crippen LogP contribution in [-0.4, -0.2) is 35.6 Å². The molecule has 1 heterocycles. The highest BCUT2D eigenvalue weighted by Gasteiger charge is 2.45. The van der Waals surface area contributed by atoms with Crippen molar-refractivity contribution in [2.75, 3.05) is 5.75 Å². The molecular formula is C4H9BrNO3S+. The van der Waals surface area contributed by atoms with Gasteiger partial charge in [0.05, 0.1) is 0 Å². The van der Waals surface area contributed by atoms with Crippen LogP contribution in [0.15, 0.2) is 0 Å². The van der Waals surface area contributed by atoms with Crippen LogP contribution in [0.1, 0.15) is 0 Å². The predicted molar refractivity (Wildman–Crippen MR) is 39.2 cm³/mol. The molecule has 0 bridgehead atoms. The van der Waals surface area contributed by atoms with Crippen molar-refractivity contribution in [2.24, 2.45) is 0 Å². The van der Waals surface area contributed by atoms with Gasteiger partial charge >= 0.3 is 0 Å². The summed E-state index contributed by atoms with van der Waals surface area (Å²) in [4.78, 5) is 0. The molecule has 4 N–H and O–H groups in total. The summed E-state index contributed by atoms with van der Waals surface area (Å²) in [6.45, 7) is 0. The number of rotatable bonds is 0. The summed E-state index contributed by atoms with van der Waals surface area (Å²) < 4.78 is 21.1. The fourth-order valence-electron chi connectivity index (χ4n) is 0.915. The molecule has 0 aromatic carbocycles. The Bertz CT molecular complexity index is 227. The molecule has 0 aromatic rings. The minimum atomic E-state index is -3.12. The Morgan fingerprint density at radius 2 is 2.10 bits per heavy atom. The van der Waals surface area contributed by atoms with Gasteiger partial charge in [-0.1, -0.05) is 15.9 Å². The van der Waals surface area contributed by atoms with Gasteiger partial charge in [-0.15, -0.1) is 0 Å². The van der Waals surface area contributed by atoms with E-state index in [4.69, 9.17) is 5.11 Å². The van der Waals surface area contributed by atoms with Gasteiger partial charge in [-0.25, -0.2) is 8.42 Å². The van der Waals surface area contributed by atoms with Crippen LogP contribution in [0.2, 0.25) is 0 Å². The van der Waals surface area contributed by atoms with E-state index in [1.807, 2.05) is 0 Å². The average Bonchev–Trinajstić information content (AvgIpc) is 1.95. The molecule has 3 atom stereocenters. The number of aliphatic hydroxyl groups excluding tert-OH is 1. The Labute approximate surface area is 67.5 Å². The van der Waals surface area contributed by atoms with Gasteiger partial charge in [0.1, 0.15) is 22.1 Å². The maximum absolute atomic E-state index is 10.9. The van der Waals surface area contributed by atoms with Gasteiger partial charge < -0.3 is 10.8 Å². The molecule has 4 nitrogen and oxygen atoms in total. The normalized spacial score (nSPS) is 45.7. The molecule has 1 saturated heterocycles. The lowest BCUT2D eigenvalue weighted by Gasteiger charge is -2.04. The van der Waals surface area contributed by atoms with Gasteiger partial charge in [0.15, 0.2) is 9.84 Å². The lowest BCUT2D eigenvalue weighted by Crippen LogP contribution is -2.66. The Hall–Kier alpha value is 0.350. The first kappa shape index (κ1) is 8.45. The van der Waals surface area contributed by atoms with Crippen LogP contribution >= 0.6 is 15.9 Å². The van der Waals surface area contributed by atoms with Crippen LogP contribution in [0.3, 0.4) is 0 Å². The number of quaternary nitrogens is 1. The smallest absolute Gasteiger partial charge is 0.171 e. The maximum Gasteiger partial charge on any atom is 0.171 e. The molecule has 0 spiro atoms. The molecule has 0 radical (unpaired) electrons. The third kappa shape index (κ3) is 1.20. The van der Waals surface area contributed by atoms with E-state index in [0.717, 1.165) is 0 Å². The molecule has 60 valence electrons. The quantitative estimate of drug-likeness (QED) is 0.478. The number of aliphatic hydroxyl groups is 1. The minimum Gasteiger partial charge on any atom is -0.385 e. The van der Waals surface area contributed by atoms with Gasteiger partial charge in [-0.2, -0.15) is 0 Å². The van der Waals surface area contributed by atoms with E-state index < -0.39 is 26.1 Å². The van der Waals surface area contributed by atoms with Crippen LogP contribution in [0.4, 0.5) is 0 Å². The van der Waals surface area contributed by atoms with Crippen LogP contribution in [0.5, 0.6) is 0 Å². The molecule has 0 aromatic heterocycles. The molecule has 1 rings (SSSR count). The largest absolute Gasteiger partial charge is 0.385 e. The summed E-state index contributed by atoms with van der Waals surface area (Å²) in [5, 5.41) is 9.11. The lowest BCUT2D eigenvalue weighted by atomic mass is 10.2. The van der Waals surface area contributed by atoms with Crippen LogP contribution in [0, 0.1) is 0 Å². The Morgan fingerprint density at radius 1 is 1.60 bits per heavy atom. The zero-order chi connectivity index (χ0) is 7.94. The van der Waals surface area contributed by atoms with Gasteiger partial charge in [-0.05, 0) is 0 Å². The molecular weight excluding hydrogens is 222 g/mol. The molecule has 10 heavy (non-hydrogen) atoms. The van der Waals surface area contributed by atoms with Crippen molar-refractivity contribution in [3.63, 3.8) is 0 Å². The van der Waals surface area contributed by atoms with Gasteiger partial charge in [-0.3, -0.25) is 0 Å². The monoisotopic (exact) mass is 230 g/mol. The second kappa shape index (κ2) is 2.44. The van der Waals surface area contributed by atoms with E-state index in [0.29, 0.717) is 0 Å². The van der Waals surface area contributed by atoms with E-state index in [2.05, 4.69) is 21.7 Å². The molecule has 6 heteroatoms. The van der Waals surface area contributed by atoms with E-state index >= 15 is 0 Å². The van der Waals surface area contributed by atoms with E-state index in [-0.39, 0.29) is 5.75 Å². The highest BCUT2D eigenvalue weighted by atomic mass is 79.9. The van der Waals surface area contributed by atoms with Crippen LogP contribution in [-0.2, 0) is 9.84 Å². The third-order valence-electron chi connectivity index (χ3n) is 1.54. The van der Waals surface area contributed by atoms with Crippen molar-refractivity contribution < 1.29 is 19.3 Å². The van der Waals surface area contributed by atoms with Gasteiger partial charge in [0.2, 0.25) is 0 Å². The summed E-state index contributed by atoms with van der Waals surface area (Å²) in [5.41, 5.74) is 3.51. The highest BCUT2D eigenvalue weighted by Crippen LogP contribution is 2.23. The van der Waals surface area contributed by atoms with E-state index in [1.54, 1.807) is 0 Å². The summed E-state index contributed by atoms with van der Waals surface area (Å²) in [7, 11) is -3.12. The zero-order valence-corrected chi connectivity index (χ0v) is 7.60. The molecule has 1 fully saturated rings. The molecule has 0 amide bonds. The van der Waals surface area contributed by atoms with E-state index in [9.17, 15) is 8.42 Å². The fraction of sp³-hybridized carbons (Fsp3) is 1.00. The standard InChI is InChI=1S/C4H8BrNO3S/c5-4-3(7)2(6)1-10(4,8)9/h2-4,7H,1,6H2/p+1/t2-,3+,4+/m0/s1. The summed E-state index contributed by atoms with van der Waals surface area (Å²) in [5.74, 6) is -0.0237. The predicted octanol–water partition coefficient (Wildman–Crippen LogP) is -1.89. The Kier molecular flexibility index (Phi) is 2.06. The van der Waals surface area contributed by atoms with Crippen molar-refractivity contribution in [3.8, 4) is 0 Å². The number of hydrogen-bond donors (Lipinski definition) is 2. The Morgan fingerprint density at radius 3 is 2.20 bits per heavy atom. The molecule has 0 unspecified atom stereocenters. The molecule has 1 aliphatic rings. The van der Waals surface area contributed by atoms with Gasteiger partial charge in [0, 0.05) is 0 Å². The van der Waals surface area contributed by atoms with E-state index in [1.165, 1.54) is 0 Å². The van der Waals surface area contributed by atoms with Crippen LogP contribution < -0.4 is 5.73 Å².